The number of rotatable bonds is 6. The number of nitrogens with one attached hydrogen (secondary N) is 1. The second-order valence-electron chi connectivity index (χ2n) is 4.09. The lowest BCUT2D eigenvalue weighted by atomic mass is 10.4. The molecule has 0 radical (unpaired) electrons. The van der Waals surface area contributed by atoms with Crippen molar-refractivity contribution in [1.29, 1.82) is 0 Å². The first-order valence-electron chi connectivity index (χ1n) is 5.76. The Morgan fingerprint density at radius 1 is 1.25 bits per heavy atom. The van der Waals surface area contributed by atoms with Crippen LogP contribution >= 0.6 is 0 Å². The Kier molecular flexibility index (Phi) is 6.26. The van der Waals surface area contributed by atoms with Crippen LogP contribution < -0.4 is 5.32 Å². The molecule has 0 saturated carbocycles. The van der Waals surface area contributed by atoms with Gasteiger partial charge in [0.05, 0.1) is 18.1 Å². The molecule has 0 unspecified atom stereocenters. The molecule has 1 aliphatic rings. The molecule has 0 spiro atoms. The minimum Gasteiger partial charge on any atom is -0.383 e. The van der Waals surface area contributed by atoms with E-state index in [1.807, 2.05) is 0 Å². The Balaban J connectivity index is 2.13. The second kappa shape index (κ2) is 7.21. The van der Waals surface area contributed by atoms with Gasteiger partial charge in [-0.05, 0) is 13.0 Å². The van der Waals surface area contributed by atoms with Gasteiger partial charge in [0.2, 0.25) is 0 Å². The fourth-order valence-corrected chi connectivity index (χ4v) is 3.06. The topological polar surface area (TPSA) is 58.6 Å². The number of sulfone groups is 1. The van der Waals surface area contributed by atoms with E-state index in [1.165, 1.54) is 0 Å². The molecule has 0 aromatic rings. The molecule has 0 aromatic carbocycles. The van der Waals surface area contributed by atoms with Crippen molar-refractivity contribution in [3.8, 4) is 0 Å². The van der Waals surface area contributed by atoms with Crippen molar-refractivity contribution in [2.75, 3.05) is 57.9 Å². The Hall–Kier alpha value is -0.170. The molecule has 0 amide bonds. The Labute approximate surface area is 98.1 Å². The van der Waals surface area contributed by atoms with Crippen molar-refractivity contribution in [3.63, 3.8) is 0 Å². The number of nitrogens with zero attached hydrogens (tertiary/aromatic N) is 1. The van der Waals surface area contributed by atoms with Crippen molar-refractivity contribution < 1.29 is 13.2 Å². The van der Waals surface area contributed by atoms with Crippen LogP contribution in [0.2, 0.25) is 0 Å². The van der Waals surface area contributed by atoms with E-state index in [4.69, 9.17) is 4.74 Å². The van der Waals surface area contributed by atoms with E-state index in [1.54, 1.807) is 7.11 Å². The summed E-state index contributed by atoms with van der Waals surface area (Å²) in [4.78, 5) is 2.21. The third-order valence-electron chi connectivity index (χ3n) is 2.74. The number of hydrogen-bond acceptors (Lipinski definition) is 5. The van der Waals surface area contributed by atoms with E-state index in [0.717, 1.165) is 32.6 Å². The van der Waals surface area contributed by atoms with E-state index in [-0.39, 0.29) is 0 Å². The maximum Gasteiger partial charge on any atom is 0.151 e. The Bertz CT molecular complexity index is 280. The summed E-state index contributed by atoms with van der Waals surface area (Å²) >= 11 is 0. The molecule has 0 aliphatic carbocycles. The van der Waals surface area contributed by atoms with Crippen LogP contribution in [0.5, 0.6) is 0 Å². The van der Waals surface area contributed by atoms with Gasteiger partial charge in [-0.15, -0.1) is 0 Å². The number of hydrogen-bond donors (Lipinski definition) is 1. The van der Waals surface area contributed by atoms with Gasteiger partial charge < -0.3 is 15.0 Å². The normalized spacial score (nSPS) is 21.8. The lowest BCUT2D eigenvalue weighted by Crippen LogP contribution is -2.35. The van der Waals surface area contributed by atoms with Crippen molar-refractivity contribution in [3.05, 3.63) is 0 Å². The zero-order chi connectivity index (χ0) is 11.9. The predicted molar refractivity (Wildman–Crippen MR) is 64.5 cm³/mol. The summed E-state index contributed by atoms with van der Waals surface area (Å²) in [5.41, 5.74) is 0. The van der Waals surface area contributed by atoms with Crippen LogP contribution in [0.1, 0.15) is 6.42 Å². The second-order valence-corrected chi connectivity index (χ2v) is 6.39. The quantitative estimate of drug-likeness (QED) is 0.634. The van der Waals surface area contributed by atoms with Gasteiger partial charge >= 0.3 is 0 Å². The van der Waals surface area contributed by atoms with Gasteiger partial charge in [-0.2, -0.15) is 0 Å². The third-order valence-corrected chi connectivity index (χ3v) is 4.45. The maximum atomic E-state index is 11.4. The first-order valence-corrected chi connectivity index (χ1v) is 7.58. The van der Waals surface area contributed by atoms with Crippen molar-refractivity contribution in [1.82, 2.24) is 10.2 Å². The van der Waals surface area contributed by atoms with Crippen molar-refractivity contribution >= 4 is 9.84 Å². The molecular weight excluding hydrogens is 228 g/mol. The Morgan fingerprint density at radius 3 is 2.81 bits per heavy atom. The van der Waals surface area contributed by atoms with E-state index in [9.17, 15) is 8.42 Å². The summed E-state index contributed by atoms with van der Waals surface area (Å²) < 4.78 is 27.7. The molecule has 0 atom stereocenters. The first-order chi connectivity index (χ1) is 7.64. The van der Waals surface area contributed by atoms with Gasteiger partial charge in [-0.3, -0.25) is 0 Å². The molecule has 96 valence electrons. The fourth-order valence-electron chi connectivity index (χ4n) is 1.75. The van der Waals surface area contributed by atoms with Crippen LogP contribution in [0, 0.1) is 0 Å². The van der Waals surface area contributed by atoms with Crippen LogP contribution in [0.25, 0.3) is 0 Å². The van der Waals surface area contributed by atoms with Crippen LogP contribution in [0.15, 0.2) is 0 Å². The van der Waals surface area contributed by atoms with Gasteiger partial charge in [0.1, 0.15) is 0 Å². The smallest absolute Gasteiger partial charge is 0.151 e. The molecule has 1 saturated heterocycles. The summed E-state index contributed by atoms with van der Waals surface area (Å²) in [7, 11) is -1.09. The van der Waals surface area contributed by atoms with Gasteiger partial charge in [0.25, 0.3) is 0 Å². The minimum atomic E-state index is -2.77. The van der Waals surface area contributed by atoms with Crippen LogP contribution in [0.3, 0.4) is 0 Å². The molecule has 16 heavy (non-hydrogen) atoms. The molecule has 0 bridgehead atoms. The molecule has 6 heteroatoms. The van der Waals surface area contributed by atoms with Crippen LogP contribution in [-0.4, -0.2) is 71.3 Å². The molecule has 1 fully saturated rings. The number of methoxy groups -OCH3 is 1. The fraction of sp³-hybridized carbons (Fsp3) is 1.00. The monoisotopic (exact) mass is 250 g/mol. The zero-order valence-corrected chi connectivity index (χ0v) is 10.8. The van der Waals surface area contributed by atoms with Crippen molar-refractivity contribution in [2.45, 2.75) is 6.42 Å². The molecule has 5 nitrogen and oxygen atoms in total. The van der Waals surface area contributed by atoms with Gasteiger partial charge in [0.15, 0.2) is 9.84 Å². The van der Waals surface area contributed by atoms with Crippen LogP contribution in [0.4, 0.5) is 0 Å². The summed E-state index contributed by atoms with van der Waals surface area (Å²) in [6, 6.07) is 0. The van der Waals surface area contributed by atoms with Gasteiger partial charge in [-0.25, -0.2) is 8.42 Å². The molecule has 1 aliphatic heterocycles. The average Bonchev–Trinajstić information content (AvgIpc) is 2.40. The molecule has 1 heterocycles. The van der Waals surface area contributed by atoms with E-state index in [0.29, 0.717) is 24.7 Å². The predicted octanol–water partition coefficient (Wildman–Crippen LogP) is -0.657. The summed E-state index contributed by atoms with van der Waals surface area (Å²) in [5, 5.41) is 3.26. The molecule has 1 N–H and O–H groups in total. The molecule has 0 aromatic heterocycles. The summed E-state index contributed by atoms with van der Waals surface area (Å²) in [6.45, 7) is 4.94. The Morgan fingerprint density at radius 2 is 2.06 bits per heavy atom. The van der Waals surface area contributed by atoms with Crippen molar-refractivity contribution in [2.24, 2.45) is 0 Å². The van der Waals surface area contributed by atoms with E-state index >= 15 is 0 Å². The highest BCUT2D eigenvalue weighted by atomic mass is 32.2. The lowest BCUT2D eigenvalue weighted by Gasteiger charge is -2.19. The zero-order valence-electron chi connectivity index (χ0n) is 9.94. The van der Waals surface area contributed by atoms with Gasteiger partial charge in [-0.1, -0.05) is 0 Å². The highest BCUT2D eigenvalue weighted by Gasteiger charge is 2.18. The molecule has 1 rings (SSSR count). The highest BCUT2D eigenvalue weighted by molar-refractivity contribution is 7.91. The lowest BCUT2D eigenvalue weighted by molar-refractivity contribution is 0.197. The average molecular weight is 250 g/mol. The molecular formula is C10H22N2O3S. The maximum absolute atomic E-state index is 11.4. The SMILES string of the molecule is COCCNCCN1CCCS(=O)(=O)CC1. The largest absolute Gasteiger partial charge is 0.383 e. The third kappa shape index (κ3) is 5.79. The highest BCUT2D eigenvalue weighted by Crippen LogP contribution is 2.03. The minimum absolute atomic E-state index is 0.311. The van der Waals surface area contributed by atoms with E-state index < -0.39 is 9.84 Å². The van der Waals surface area contributed by atoms with Gasteiger partial charge in [0, 0.05) is 33.3 Å². The summed E-state index contributed by atoms with van der Waals surface area (Å²) in [5.74, 6) is 0.658. The standard InChI is InChI=1S/C10H22N2O3S/c1-15-8-4-11-3-6-12-5-2-9-16(13,14)10-7-12/h11H,2-10H2,1H3. The van der Waals surface area contributed by atoms with E-state index in [2.05, 4.69) is 10.2 Å². The first kappa shape index (κ1) is 13.9. The number of ether oxygens (including phenoxy) is 1. The summed E-state index contributed by atoms with van der Waals surface area (Å²) in [6.07, 6.45) is 0.764. The van der Waals surface area contributed by atoms with Crippen LogP contribution in [-0.2, 0) is 14.6 Å².